The number of carbonyl (C=O) groups is 1. The van der Waals surface area contributed by atoms with Crippen molar-refractivity contribution in [1.29, 1.82) is 0 Å². The highest BCUT2D eigenvalue weighted by molar-refractivity contribution is 7.18. The number of nitrogens with zero attached hydrogens (tertiary/aromatic N) is 3. The Hall–Kier alpha value is -3.06. The van der Waals surface area contributed by atoms with E-state index < -0.39 is 5.91 Å². The van der Waals surface area contributed by atoms with Crippen molar-refractivity contribution < 1.29 is 4.79 Å². The molecule has 1 amide bonds. The molecular formula is C18H14N4O2S. The van der Waals surface area contributed by atoms with Crippen LogP contribution in [-0.4, -0.2) is 20.3 Å². The number of hydrogen-bond acceptors (Lipinski definition) is 5. The summed E-state index contributed by atoms with van der Waals surface area (Å²) in [6, 6.07) is 11.4. The molecule has 0 spiro atoms. The molecule has 3 aromatic heterocycles. The molecule has 1 aromatic carbocycles. The third kappa shape index (κ3) is 2.89. The molecule has 0 atom stereocenters. The van der Waals surface area contributed by atoms with Crippen molar-refractivity contribution in [3.63, 3.8) is 0 Å². The van der Waals surface area contributed by atoms with Gasteiger partial charge in [-0.2, -0.15) is 0 Å². The van der Waals surface area contributed by atoms with Crippen molar-refractivity contribution >= 4 is 33.1 Å². The van der Waals surface area contributed by atoms with Crippen molar-refractivity contribution in [3.8, 4) is 0 Å². The zero-order valence-corrected chi connectivity index (χ0v) is 14.2. The summed E-state index contributed by atoms with van der Waals surface area (Å²) < 4.78 is 2.46. The van der Waals surface area contributed by atoms with Gasteiger partial charge in [-0.3, -0.25) is 14.0 Å². The zero-order valence-electron chi connectivity index (χ0n) is 13.4. The molecule has 0 aliphatic carbocycles. The normalized spacial score (nSPS) is 11.1. The SMILES string of the molecule is Cc1ccc2ncc(C(=O)NCc3nc4ccccc4s3)c(=O)n2c1. The Balaban J connectivity index is 1.59. The predicted molar refractivity (Wildman–Crippen MR) is 97.0 cm³/mol. The molecule has 7 heteroatoms. The quantitative estimate of drug-likeness (QED) is 0.616. The third-order valence-corrected chi connectivity index (χ3v) is 4.87. The van der Waals surface area contributed by atoms with Crippen LogP contribution in [0.4, 0.5) is 0 Å². The highest BCUT2D eigenvalue weighted by Gasteiger charge is 2.14. The van der Waals surface area contributed by atoms with Crippen molar-refractivity contribution in [2.24, 2.45) is 0 Å². The van der Waals surface area contributed by atoms with Gasteiger partial charge in [0.2, 0.25) is 0 Å². The highest BCUT2D eigenvalue weighted by atomic mass is 32.1. The summed E-state index contributed by atoms with van der Waals surface area (Å²) in [5, 5.41) is 3.54. The smallest absolute Gasteiger partial charge is 0.270 e. The first-order valence-corrected chi connectivity index (χ1v) is 8.54. The first-order chi connectivity index (χ1) is 12.1. The maximum atomic E-state index is 12.5. The predicted octanol–water partition coefficient (Wildman–Crippen LogP) is 2.54. The van der Waals surface area contributed by atoms with E-state index in [1.807, 2.05) is 37.3 Å². The van der Waals surface area contributed by atoms with Crippen molar-refractivity contribution in [2.75, 3.05) is 0 Å². The van der Waals surface area contributed by atoms with Crippen LogP contribution in [0, 0.1) is 6.92 Å². The van der Waals surface area contributed by atoms with E-state index in [-0.39, 0.29) is 17.7 Å². The maximum absolute atomic E-state index is 12.5. The van der Waals surface area contributed by atoms with E-state index in [2.05, 4.69) is 15.3 Å². The molecule has 4 rings (SSSR count). The van der Waals surface area contributed by atoms with Crippen molar-refractivity contribution in [3.05, 3.63) is 75.3 Å². The van der Waals surface area contributed by atoms with Gasteiger partial charge in [0, 0.05) is 12.4 Å². The van der Waals surface area contributed by atoms with Crippen LogP contribution < -0.4 is 10.9 Å². The Morgan fingerprint density at radius 3 is 2.92 bits per heavy atom. The van der Waals surface area contributed by atoms with Crippen molar-refractivity contribution in [2.45, 2.75) is 13.5 Å². The summed E-state index contributed by atoms with van der Waals surface area (Å²) >= 11 is 1.52. The second-order valence-electron chi connectivity index (χ2n) is 5.67. The summed E-state index contributed by atoms with van der Waals surface area (Å²) in [7, 11) is 0. The molecule has 0 aliphatic rings. The van der Waals surface area contributed by atoms with Crippen LogP contribution in [0.5, 0.6) is 0 Å². The van der Waals surface area contributed by atoms with E-state index in [1.54, 1.807) is 12.3 Å². The molecule has 0 fully saturated rings. The molecule has 124 valence electrons. The number of hydrogen-bond donors (Lipinski definition) is 1. The van der Waals surface area contributed by atoms with E-state index in [9.17, 15) is 9.59 Å². The lowest BCUT2D eigenvalue weighted by atomic mass is 10.2. The Morgan fingerprint density at radius 1 is 1.24 bits per heavy atom. The van der Waals surface area contributed by atoms with Gasteiger partial charge in [-0.1, -0.05) is 18.2 Å². The van der Waals surface area contributed by atoms with Gasteiger partial charge in [0.25, 0.3) is 11.5 Å². The van der Waals surface area contributed by atoms with Gasteiger partial charge in [0.1, 0.15) is 16.2 Å². The molecule has 0 aliphatic heterocycles. The molecular weight excluding hydrogens is 336 g/mol. The topological polar surface area (TPSA) is 76.4 Å². The molecule has 3 heterocycles. The van der Waals surface area contributed by atoms with Gasteiger partial charge in [0.05, 0.1) is 16.8 Å². The number of fused-ring (bicyclic) bond motifs is 2. The zero-order chi connectivity index (χ0) is 17.4. The molecule has 0 unspecified atom stereocenters. The van der Waals surface area contributed by atoms with E-state index in [0.29, 0.717) is 5.65 Å². The molecule has 4 aromatic rings. The van der Waals surface area contributed by atoms with Crippen LogP contribution in [0.15, 0.2) is 53.6 Å². The number of aromatic nitrogens is 3. The van der Waals surface area contributed by atoms with Gasteiger partial charge in [0.15, 0.2) is 0 Å². The second kappa shape index (κ2) is 6.10. The maximum Gasteiger partial charge on any atom is 0.270 e. The fourth-order valence-corrected chi connectivity index (χ4v) is 3.49. The number of rotatable bonds is 3. The van der Waals surface area contributed by atoms with E-state index in [4.69, 9.17) is 0 Å². The van der Waals surface area contributed by atoms with E-state index >= 15 is 0 Å². The number of aryl methyl sites for hydroxylation is 1. The first-order valence-electron chi connectivity index (χ1n) is 7.72. The van der Waals surface area contributed by atoms with Gasteiger partial charge in [-0.25, -0.2) is 9.97 Å². The lowest BCUT2D eigenvalue weighted by Crippen LogP contribution is -2.31. The summed E-state index contributed by atoms with van der Waals surface area (Å²) in [5.41, 5.74) is 1.97. The Kier molecular flexibility index (Phi) is 3.77. The van der Waals surface area contributed by atoms with Gasteiger partial charge in [-0.05, 0) is 30.7 Å². The first kappa shape index (κ1) is 15.5. The van der Waals surface area contributed by atoms with E-state index in [0.717, 1.165) is 20.8 Å². The number of thiazole rings is 1. The number of para-hydroxylation sites is 1. The van der Waals surface area contributed by atoms with Gasteiger partial charge >= 0.3 is 0 Å². The minimum atomic E-state index is -0.451. The molecule has 25 heavy (non-hydrogen) atoms. The number of pyridine rings is 1. The van der Waals surface area contributed by atoms with Gasteiger partial charge < -0.3 is 5.32 Å². The van der Waals surface area contributed by atoms with Crippen LogP contribution in [-0.2, 0) is 6.54 Å². The lowest BCUT2D eigenvalue weighted by molar-refractivity contribution is 0.0949. The fourth-order valence-electron chi connectivity index (χ4n) is 2.59. The van der Waals surface area contributed by atoms with Crippen LogP contribution in [0.1, 0.15) is 20.9 Å². The summed E-state index contributed by atoms with van der Waals surface area (Å²) in [6.45, 7) is 2.15. The average Bonchev–Trinajstić information content (AvgIpc) is 3.03. The monoisotopic (exact) mass is 350 g/mol. The van der Waals surface area contributed by atoms with Crippen LogP contribution in [0.25, 0.3) is 15.9 Å². The second-order valence-corrected chi connectivity index (χ2v) is 6.78. The third-order valence-electron chi connectivity index (χ3n) is 3.83. The Labute approximate surface area is 146 Å². The Bertz CT molecular complexity index is 1130. The highest BCUT2D eigenvalue weighted by Crippen LogP contribution is 2.21. The minimum absolute atomic E-state index is 0.0178. The van der Waals surface area contributed by atoms with Crippen molar-refractivity contribution in [1.82, 2.24) is 19.7 Å². The van der Waals surface area contributed by atoms with Crippen LogP contribution in [0.3, 0.4) is 0 Å². The largest absolute Gasteiger partial charge is 0.345 e. The molecule has 0 radical (unpaired) electrons. The van der Waals surface area contributed by atoms with Crippen LogP contribution in [0.2, 0.25) is 0 Å². The van der Waals surface area contributed by atoms with Crippen LogP contribution >= 0.6 is 11.3 Å². The summed E-state index contributed by atoms with van der Waals surface area (Å²) in [4.78, 5) is 33.6. The standard InChI is InChI=1S/C18H14N4O2S/c1-11-6-7-15-19-8-12(18(24)22(15)10-11)17(23)20-9-16-21-13-4-2-3-5-14(13)25-16/h2-8,10H,9H2,1H3,(H,20,23). The molecule has 6 nitrogen and oxygen atoms in total. The molecule has 0 saturated heterocycles. The lowest BCUT2D eigenvalue weighted by Gasteiger charge is -2.05. The minimum Gasteiger partial charge on any atom is -0.345 e. The average molecular weight is 350 g/mol. The number of benzene rings is 1. The van der Waals surface area contributed by atoms with Gasteiger partial charge in [-0.15, -0.1) is 11.3 Å². The number of carbonyl (C=O) groups excluding carboxylic acids is 1. The summed E-state index contributed by atoms with van der Waals surface area (Å²) in [5.74, 6) is -0.451. The Morgan fingerprint density at radius 2 is 2.08 bits per heavy atom. The molecule has 0 saturated carbocycles. The van der Waals surface area contributed by atoms with E-state index in [1.165, 1.54) is 21.9 Å². The summed E-state index contributed by atoms with van der Waals surface area (Å²) in [6.07, 6.45) is 3.00. The number of amides is 1. The number of nitrogens with one attached hydrogen (secondary N) is 1. The molecule has 0 bridgehead atoms. The molecule has 1 N–H and O–H groups in total. The fraction of sp³-hybridized carbons (Fsp3) is 0.111.